The second-order valence-corrected chi connectivity index (χ2v) is 6.21. The zero-order valence-electron chi connectivity index (χ0n) is 13.5. The summed E-state index contributed by atoms with van der Waals surface area (Å²) >= 11 is 12.0. The Hall–Kier alpha value is -1.89. The van der Waals surface area contributed by atoms with Crippen molar-refractivity contribution in [2.24, 2.45) is 0 Å². The Kier molecular flexibility index (Phi) is 6.78. The van der Waals surface area contributed by atoms with Crippen LogP contribution in [0.3, 0.4) is 0 Å². The van der Waals surface area contributed by atoms with Crippen molar-refractivity contribution in [1.82, 2.24) is 14.9 Å². The molecule has 0 fully saturated rings. The van der Waals surface area contributed by atoms with E-state index in [1.807, 2.05) is 14.1 Å². The fourth-order valence-electron chi connectivity index (χ4n) is 1.94. The number of nitrogens with one attached hydrogen (secondary N) is 2. The zero-order valence-corrected chi connectivity index (χ0v) is 15.0. The third-order valence-electron chi connectivity index (χ3n) is 3.17. The largest absolute Gasteiger partial charge is 0.369 e. The van der Waals surface area contributed by atoms with Gasteiger partial charge >= 0.3 is 0 Å². The van der Waals surface area contributed by atoms with Crippen LogP contribution in [-0.2, 0) is 0 Å². The first-order valence-corrected chi connectivity index (χ1v) is 8.19. The minimum absolute atomic E-state index is 0.199. The summed E-state index contributed by atoms with van der Waals surface area (Å²) in [5.74, 6) is 0.233. The average Bonchev–Trinajstić information content (AvgIpc) is 2.56. The molecule has 0 unspecified atom stereocenters. The van der Waals surface area contributed by atoms with Gasteiger partial charge in [0.1, 0.15) is 11.5 Å². The summed E-state index contributed by atoms with van der Waals surface area (Å²) in [6.07, 6.45) is 3.94. The Labute approximate surface area is 151 Å². The molecule has 0 radical (unpaired) electrons. The highest BCUT2D eigenvalue weighted by Crippen LogP contribution is 2.29. The Morgan fingerprint density at radius 3 is 2.67 bits per heavy atom. The van der Waals surface area contributed by atoms with Gasteiger partial charge in [0.25, 0.3) is 5.91 Å². The molecule has 0 saturated heterocycles. The molecular formula is C16H19Cl2N5O. The molecule has 0 spiro atoms. The summed E-state index contributed by atoms with van der Waals surface area (Å²) in [5, 5.41) is 6.49. The van der Waals surface area contributed by atoms with Crippen LogP contribution in [0.4, 0.5) is 11.5 Å². The van der Waals surface area contributed by atoms with Gasteiger partial charge in [-0.1, -0.05) is 29.3 Å². The van der Waals surface area contributed by atoms with E-state index in [9.17, 15) is 4.79 Å². The Morgan fingerprint density at radius 1 is 1.21 bits per heavy atom. The SMILES string of the molecule is CN(C)CCCNc1cnc(C(=O)Nc2cccc(Cl)c2Cl)cn1. The third-order valence-corrected chi connectivity index (χ3v) is 3.99. The number of halogens is 2. The number of hydrogen-bond acceptors (Lipinski definition) is 5. The number of amides is 1. The molecule has 1 heterocycles. The molecule has 1 aromatic heterocycles. The maximum atomic E-state index is 12.2. The van der Waals surface area contributed by atoms with E-state index in [0.717, 1.165) is 19.5 Å². The average molecular weight is 368 g/mol. The molecule has 0 aliphatic carbocycles. The number of anilines is 2. The van der Waals surface area contributed by atoms with Gasteiger partial charge in [-0.25, -0.2) is 9.97 Å². The van der Waals surface area contributed by atoms with Gasteiger partial charge in [0.2, 0.25) is 0 Å². The van der Waals surface area contributed by atoms with E-state index in [1.165, 1.54) is 12.4 Å². The van der Waals surface area contributed by atoms with Crippen LogP contribution in [0.2, 0.25) is 10.0 Å². The lowest BCUT2D eigenvalue weighted by Crippen LogP contribution is -2.17. The van der Waals surface area contributed by atoms with Gasteiger partial charge in [0, 0.05) is 6.54 Å². The normalized spacial score (nSPS) is 10.7. The van der Waals surface area contributed by atoms with Crippen molar-refractivity contribution >= 4 is 40.6 Å². The molecule has 6 nitrogen and oxygen atoms in total. The van der Waals surface area contributed by atoms with Crippen LogP contribution in [0.15, 0.2) is 30.6 Å². The van der Waals surface area contributed by atoms with Crippen molar-refractivity contribution in [1.29, 1.82) is 0 Å². The van der Waals surface area contributed by atoms with Crippen LogP contribution in [0.1, 0.15) is 16.9 Å². The first kappa shape index (κ1) is 18.4. The van der Waals surface area contributed by atoms with E-state index < -0.39 is 5.91 Å². The van der Waals surface area contributed by atoms with Gasteiger partial charge in [0.05, 0.1) is 28.1 Å². The molecule has 1 amide bonds. The molecule has 0 aliphatic rings. The van der Waals surface area contributed by atoms with E-state index in [-0.39, 0.29) is 5.69 Å². The summed E-state index contributed by atoms with van der Waals surface area (Å²) in [6.45, 7) is 1.78. The third kappa shape index (κ3) is 5.33. The second kappa shape index (κ2) is 8.82. The fraction of sp³-hybridized carbons (Fsp3) is 0.312. The first-order valence-electron chi connectivity index (χ1n) is 7.43. The first-order chi connectivity index (χ1) is 11.5. The van der Waals surface area contributed by atoms with Crippen molar-refractivity contribution in [3.05, 3.63) is 46.3 Å². The van der Waals surface area contributed by atoms with Crippen LogP contribution in [-0.4, -0.2) is 48.0 Å². The molecule has 24 heavy (non-hydrogen) atoms. The fourth-order valence-corrected chi connectivity index (χ4v) is 2.28. The minimum atomic E-state index is -0.397. The van der Waals surface area contributed by atoms with Gasteiger partial charge in [-0.05, 0) is 39.2 Å². The van der Waals surface area contributed by atoms with Crippen molar-refractivity contribution in [2.45, 2.75) is 6.42 Å². The quantitative estimate of drug-likeness (QED) is 0.733. The predicted octanol–water partition coefficient (Wildman–Crippen LogP) is 3.40. The van der Waals surface area contributed by atoms with Crippen molar-refractivity contribution in [2.75, 3.05) is 37.8 Å². The minimum Gasteiger partial charge on any atom is -0.369 e. The summed E-state index contributed by atoms with van der Waals surface area (Å²) in [4.78, 5) is 22.6. The van der Waals surface area contributed by atoms with Gasteiger partial charge in [-0.15, -0.1) is 0 Å². The van der Waals surface area contributed by atoms with E-state index in [2.05, 4.69) is 25.5 Å². The predicted molar refractivity (Wildman–Crippen MR) is 98.1 cm³/mol. The van der Waals surface area contributed by atoms with E-state index in [0.29, 0.717) is 21.6 Å². The number of benzene rings is 1. The smallest absolute Gasteiger partial charge is 0.275 e. The number of hydrogen-bond donors (Lipinski definition) is 2. The Morgan fingerprint density at radius 2 is 2.00 bits per heavy atom. The highest BCUT2D eigenvalue weighted by atomic mass is 35.5. The molecule has 2 aromatic rings. The summed E-state index contributed by atoms with van der Waals surface area (Å²) in [7, 11) is 4.05. The topological polar surface area (TPSA) is 70.2 Å². The lowest BCUT2D eigenvalue weighted by atomic mass is 10.3. The standard InChI is InChI=1S/C16H19Cl2N5O/c1-23(2)8-4-7-19-14-10-20-13(9-21-14)16(24)22-12-6-3-5-11(17)15(12)18/h3,5-6,9-10H,4,7-8H2,1-2H3,(H,19,21)(H,22,24). The maximum Gasteiger partial charge on any atom is 0.275 e. The molecule has 2 rings (SSSR count). The molecule has 0 saturated carbocycles. The molecule has 8 heteroatoms. The molecule has 0 bridgehead atoms. The highest BCUT2D eigenvalue weighted by molar-refractivity contribution is 6.44. The van der Waals surface area contributed by atoms with Crippen molar-refractivity contribution in [3.63, 3.8) is 0 Å². The van der Waals surface area contributed by atoms with Gasteiger partial charge in [-0.2, -0.15) is 0 Å². The zero-order chi connectivity index (χ0) is 17.5. The number of rotatable bonds is 7. The number of carbonyl (C=O) groups excluding carboxylic acids is 1. The van der Waals surface area contributed by atoms with E-state index >= 15 is 0 Å². The van der Waals surface area contributed by atoms with Gasteiger partial charge in [0.15, 0.2) is 0 Å². The molecule has 2 N–H and O–H groups in total. The van der Waals surface area contributed by atoms with Crippen LogP contribution in [0.5, 0.6) is 0 Å². The monoisotopic (exact) mass is 367 g/mol. The van der Waals surface area contributed by atoms with Crippen molar-refractivity contribution in [3.8, 4) is 0 Å². The Bertz CT molecular complexity index is 691. The van der Waals surface area contributed by atoms with Crippen LogP contribution >= 0.6 is 23.2 Å². The lowest BCUT2D eigenvalue weighted by molar-refractivity contribution is 0.102. The van der Waals surface area contributed by atoms with E-state index in [4.69, 9.17) is 23.2 Å². The summed E-state index contributed by atoms with van der Waals surface area (Å²) in [6, 6.07) is 5.02. The number of nitrogens with zero attached hydrogens (tertiary/aromatic N) is 3. The van der Waals surface area contributed by atoms with Crippen molar-refractivity contribution < 1.29 is 4.79 Å². The molecular weight excluding hydrogens is 349 g/mol. The van der Waals surface area contributed by atoms with Crippen LogP contribution < -0.4 is 10.6 Å². The Balaban J connectivity index is 1.92. The van der Waals surface area contributed by atoms with Crippen LogP contribution in [0, 0.1) is 0 Å². The number of carbonyl (C=O) groups is 1. The molecule has 128 valence electrons. The van der Waals surface area contributed by atoms with Crippen LogP contribution in [0.25, 0.3) is 0 Å². The molecule has 0 aliphatic heterocycles. The van der Waals surface area contributed by atoms with Gasteiger partial charge < -0.3 is 15.5 Å². The molecule has 1 aromatic carbocycles. The van der Waals surface area contributed by atoms with Gasteiger partial charge in [-0.3, -0.25) is 4.79 Å². The molecule has 0 atom stereocenters. The summed E-state index contributed by atoms with van der Waals surface area (Å²) in [5.41, 5.74) is 0.631. The summed E-state index contributed by atoms with van der Waals surface area (Å²) < 4.78 is 0. The maximum absolute atomic E-state index is 12.2. The highest BCUT2D eigenvalue weighted by Gasteiger charge is 2.12. The number of aromatic nitrogens is 2. The second-order valence-electron chi connectivity index (χ2n) is 5.43. The lowest BCUT2D eigenvalue weighted by Gasteiger charge is -2.10. The van der Waals surface area contributed by atoms with E-state index in [1.54, 1.807) is 18.2 Å².